The van der Waals surface area contributed by atoms with Crippen molar-refractivity contribution in [2.45, 2.75) is 18.9 Å². The number of benzene rings is 2. The minimum Gasteiger partial charge on any atom is -0.497 e. The highest BCUT2D eigenvalue weighted by molar-refractivity contribution is 5.89. The van der Waals surface area contributed by atoms with Crippen molar-refractivity contribution in [3.8, 4) is 11.5 Å². The number of hydrogen-bond donors (Lipinski definition) is 2. The van der Waals surface area contributed by atoms with Gasteiger partial charge in [-0.15, -0.1) is 0 Å². The van der Waals surface area contributed by atoms with E-state index < -0.39 is 0 Å². The van der Waals surface area contributed by atoms with Crippen molar-refractivity contribution in [3.05, 3.63) is 54.1 Å². The zero-order valence-corrected chi connectivity index (χ0v) is 15.9. The lowest BCUT2D eigenvalue weighted by atomic mass is 10.1. The second kappa shape index (κ2) is 9.28. The third kappa shape index (κ3) is 5.14. The summed E-state index contributed by atoms with van der Waals surface area (Å²) < 4.78 is 10.4. The lowest BCUT2D eigenvalue weighted by molar-refractivity contribution is 0.227. The molecule has 6 nitrogen and oxygen atoms in total. The van der Waals surface area contributed by atoms with Gasteiger partial charge >= 0.3 is 6.03 Å². The zero-order valence-electron chi connectivity index (χ0n) is 15.9. The molecule has 1 saturated heterocycles. The maximum absolute atomic E-state index is 12.4. The smallest absolute Gasteiger partial charge is 0.319 e. The van der Waals surface area contributed by atoms with E-state index in [4.69, 9.17) is 9.47 Å². The minimum absolute atomic E-state index is 0.148. The number of ether oxygens (including phenoxy) is 2. The Morgan fingerprint density at radius 2 is 1.74 bits per heavy atom. The summed E-state index contributed by atoms with van der Waals surface area (Å²) in [6, 6.07) is 15.3. The summed E-state index contributed by atoms with van der Waals surface area (Å²) in [6.45, 7) is 2.65. The fraction of sp³-hybridized carbons (Fsp3) is 0.381. The molecule has 6 heteroatoms. The standard InChI is InChI=1S/C21H27N3O3/c1-26-18-10-8-16(9-11-18)20(24-12-3-4-13-24)15-22-21(25)23-17-6-5-7-19(14-17)27-2/h5-11,14,20H,3-4,12-13,15H2,1-2H3,(H2,22,23,25)/t20-/m0/s1. The van der Waals surface area contributed by atoms with Crippen LogP contribution >= 0.6 is 0 Å². The molecule has 0 unspecified atom stereocenters. The van der Waals surface area contributed by atoms with Crippen LogP contribution in [-0.2, 0) is 0 Å². The summed E-state index contributed by atoms with van der Waals surface area (Å²) in [5.41, 5.74) is 1.88. The molecule has 2 aromatic rings. The molecule has 3 rings (SSSR count). The molecule has 0 bridgehead atoms. The van der Waals surface area contributed by atoms with Crippen LogP contribution in [0, 0.1) is 0 Å². The highest BCUT2D eigenvalue weighted by atomic mass is 16.5. The van der Waals surface area contributed by atoms with Gasteiger partial charge in [-0.05, 0) is 55.8 Å². The maximum atomic E-state index is 12.4. The van der Waals surface area contributed by atoms with Crippen LogP contribution < -0.4 is 20.1 Å². The lowest BCUT2D eigenvalue weighted by Crippen LogP contribution is -2.38. The molecule has 1 atom stereocenters. The van der Waals surface area contributed by atoms with Crippen LogP contribution in [-0.4, -0.2) is 44.8 Å². The summed E-state index contributed by atoms with van der Waals surface area (Å²) >= 11 is 0. The molecule has 0 spiro atoms. The number of rotatable bonds is 7. The van der Waals surface area contributed by atoms with Gasteiger partial charge in [0.25, 0.3) is 0 Å². The summed E-state index contributed by atoms with van der Waals surface area (Å²) in [5.74, 6) is 1.55. The average Bonchev–Trinajstić information content (AvgIpc) is 3.23. The second-order valence-electron chi connectivity index (χ2n) is 6.60. The Morgan fingerprint density at radius 3 is 2.41 bits per heavy atom. The van der Waals surface area contributed by atoms with E-state index in [9.17, 15) is 4.79 Å². The van der Waals surface area contributed by atoms with Crippen LogP contribution in [0.25, 0.3) is 0 Å². The lowest BCUT2D eigenvalue weighted by Gasteiger charge is -2.28. The Labute approximate surface area is 160 Å². The van der Waals surface area contributed by atoms with Gasteiger partial charge in [-0.25, -0.2) is 4.79 Å². The minimum atomic E-state index is -0.221. The molecule has 2 N–H and O–H groups in total. The quantitative estimate of drug-likeness (QED) is 0.782. The number of hydrogen-bond acceptors (Lipinski definition) is 4. The van der Waals surface area contributed by atoms with Gasteiger partial charge < -0.3 is 20.1 Å². The molecule has 1 fully saturated rings. The van der Waals surface area contributed by atoms with Gasteiger partial charge in [0, 0.05) is 18.3 Å². The van der Waals surface area contributed by atoms with Gasteiger partial charge in [-0.1, -0.05) is 18.2 Å². The van der Waals surface area contributed by atoms with E-state index in [1.54, 1.807) is 20.3 Å². The van der Waals surface area contributed by atoms with Gasteiger partial charge in [-0.3, -0.25) is 4.90 Å². The van der Waals surface area contributed by atoms with E-state index in [1.807, 2.05) is 30.3 Å². The summed E-state index contributed by atoms with van der Waals surface area (Å²) in [4.78, 5) is 14.8. The van der Waals surface area contributed by atoms with Gasteiger partial charge in [-0.2, -0.15) is 0 Å². The van der Waals surface area contributed by atoms with Crippen LogP contribution in [0.3, 0.4) is 0 Å². The normalized spacial score (nSPS) is 15.2. The Kier molecular flexibility index (Phi) is 6.54. The molecule has 2 amide bonds. The fourth-order valence-corrected chi connectivity index (χ4v) is 3.40. The zero-order chi connectivity index (χ0) is 19.1. The Balaban J connectivity index is 1.63. The first-order chi connectivity index (χ1) is 13.2. The van der Waals surface area contributed by atoms with Gasteiger partial charge in [0.2, 0.25) is 0 Å². The Hall–Kier alpha value is -2.73. The van der Waals surface area contributed by atoms with Crippen molar-refractivity contribution in [2.75, 3.05) is 39.2 Å². The summed E-state index contributed by atoms with van der Waals surface area (Å²) in [7, 11) is 3.27. The first-order valence-electron chi connectivity index (χ1n) is 9.26. The number of carbonyl (C=O) groups excluding carboxylic acids is 1. The van der Waals surface area contributed by atoms with Gasteiger partial charge in [0.05, 0.1) is 20.3 Å². The maximum Gasteiger partial charge on any atom is 0.319 e. The topological polar surface area (TPSA) is 62.8 Å². The van der Waals surface area contributed by atoms with Gasteiger partial charge in [0.1, 0.15) is 11.5 Å². The van der Waals surface area contributed by atoms with E-state index in [-0.39, 0.29) is 12.1 Å². The van der Waals surface area contributed by atoms with Crippen LogP contribution in [0.4, 0.5) is 10.5 Å². The molecular weight excluding hydrogens is 342 g/mol. The fourth-order valence-electron chi connectivity index (χ4n) is 3.40. The van der Waals surface area contributed by atoms with E-state index in [2.05, 4.69) is 27.7 Å². The highest BCUT2D eigenvalue weighted by Gasteiger charge is 2.24. The number of carbonyl (C=O) groups is 1. The third-order valence-corrected chi connectivity index (χ3v) is 4.87. The molecule has 1 aliphatic rings. The molecule has 1 aliphatic heterocycles. The second-order valence-corrected chi connectivity index (χ2v) is 6.60. The van der Waals surface area contributed by atoms with E-state index >= 15 is 0 Å². The molecule has 144 valence electrons. The monoisotopic (exact) mass is 369 g/mol. The van der Waals surface area contributed by atoms with E-state index in [1.165, 1.54) is 18.4 Å². The van der Waals surface area contributed by atoms with Crippen LogP contribution in [0.1, 0.15) is 24.4 Å². The predicted molar refractivity (Wildman–Crippen MR) is 107 cm³/mol. The molecule has 1 heterocycles. The molecular formula is C21H27N3O3. The van der Waals surface area contributed by atoms with Crippen molar-refractivity contribution < 1.29 is 14.3 Å². The first kappa shape index (κ1) is 19.0. The highest BCUT2D eigenvalue weighted by Crippen LogP contribution is 2.26. The van der Waals surface area contributed by atoms with Crippen molar-refractivity contribution in [2.24, 2.45) is 0 Å². The van der Waals surface area contributed by atoms with Crippen LogP contribution in [0.2, 0.25) is 0 Å². The number of methoxy groups -OCH3 is 2. The van der Waals surface area contributed by atoms with Gasteiger partial charge in [0.15, 0.2) is 0 Å². The number of nitrogens with zero attached hydrogens (tertiary/aromatic N) is 1. The van der Waals surface area contributed by atoms with E-state index in [0.29, 0.717) is 18.0 Å². The molecule has 0 aliphatic carbocycles. The average molecular weight is 369 g/mol. The molecule has 2 aromatic carbocycles. The molecule has 27 heavy (non-hydrogen) atoms. The van der Waals surface area contributed by atoms with Crippen molar-refractivity contribution >= 4 is 11.7 Å². The Morgan fingerprint density at radius 1 is 1.04 bits per heavy atom. The van der Waals surface area contributed by atoms with E-state index in [0.717, 1.165) is 18.8 Å². The predicted octanol–water partition coefficient (Wildman–Crippen LogP) is 3.66. The third-order valence-electron chi connectivity index (χ3n) is 4.87. The van der Waals surface area contributed by atoms with Crippen LogP contribution in [0.15, 0.2) is 48.5 Å². The molecule has 0 radical (unpaired) electrons. The molecule has 0 saturated carbocycles. The van der Waals surface area contributed by atoms with Crippen molar-refractivity contribution in [1.82, 2.24) is 10.2 Å². The van der Waals surface area contributed by atoms with Crippen molar-refractivity contribution in [1.29, 1.82) is 0 Å². The van der Waals surface area contributed by atoms with Crippen LogP contribution in [0.5, 0.6) is 11.5 Å². The number of anilines is 1. The first-order valence-corrected chi connectivity index (χ1v) is 9.26. The Bertz CT molecular complexity index is 743. The molecule has 0 aromatic heterocycles. The number of likely N-dealkylation sites (tertiary alicyclic amines) is 1. The summed E-state index contributed by atoms with van der Waals surface area (Å²) in [6.07, 6.45) is 2.39. The summed E-state index contributed by atoms with van der Waals surface area (Å²) in [5, 5.41) is 5.87. The SMILES string of the molecule is COc1ccc([C@H](CNC(=O)Nc2cccc(OC)c2)N2CCCC2)cc1. The largest absolute Gasteiger partial charge is 0.497 e. The van der Waals surface area contributed by atoms with Crippen molar-refractivity contribution in [3.63, 3.8) is 0 Å². The number of urea groups is 1. The number of nitrogens with one attached hydrogen (secondary N) is 2. The number of amides is 2.